The number of nitrogens with zero attached hydrogens (tertiary/aromatic N) is 2. The highest BCUT2D eigenvalue weighted by Crippen LogP contribution is 2.22. The van der Waals surface area contributed by atoms with Crippen molar-refractivity contribution < 1.29 is 9.18 Å². The fourth-order valence-corrected chi connectivity index (χ4v) is 3.01. The molecule has 1 aliphatic heterocycles. The van der Waals surface area contributed by atoms with Crippen molar-refractivity contribution in [2.24, 2.45) is 0 Å². The summed E-state index contributed by atoms with van der Waals surface area (Å²) in [5.41, 5.74) is 0.718. The van der Waals surface area contributed by atoms with Crippen LogP contribution in [-0.2, 0) is 11.2 Å². The van der Waals surface area contributed by atoms with E-state index in [0.717, 1.165) is 31.6 Å². The molecule has 0 spiro atoms. The highest BCUT2D eigenvalue weighted by molar-refractivity contribution is 9.10. The maximum absolute atomic E-state index is 13.5. The summed E-state index contributed by atoms with van der Waals surface area (Å²) >= 11 is 3.22. The monoisotopic (exact) mass is 342 g/mol. The molecule has 2 rings (SSSR count). The molecule has 0 radical (unpaired) electrons. The van der Waals surface area contributed by atoms with Crippen LogP contribution in [0.15, 0.2) is 22.7 Å². The van der Waals surface area contributed by atoms with Crippen molar-refractivity contribution in [3.05, 3.63) is 34.1 Å². The lowest BCUT2D eigenvalue weighted by Gasteiger charge is -2.26. The summed E-state index contributed by atoms with van der Waals surface area (Å²) in [5.74, 6) is -0.172. The van der Waals surface area contributed by atoms with Crippen LogP contribution >= 0.6 is 15.9 Å². The van der Waals surface area contributed by atoms with E-state index >= 15 is 0 Å². The van der Waals surface area contributed by atoms with Crippen LogP contribution in [0.3, 0.4) is 0 Å². The van der Waals surface area contributed by atoms with Gasteiger partial charge in [0.2, 0.25) is 0 Å². The van der Waals surface area contributed by atoms with Gasteiger partial charge in [-0.15, -0.1) is 0 Å². The summed E-state index contributed by atoms with van der Waals surface area (Å²) in [6, 6.07) is 4.72. The van der Waals surface area contributed by atoms with Crippen molar-refractivity contribution in [2.75, 3.05) is 33.7 Å². The highest BCUT2D eigenvalue weighted by atomic mass is 79.9. The first kappa shape index (κ1) is 15.6. The van der Waals surface area contributed by atoms with Crippen LogP contribution in [-0.4, -0.2) is 55.4 Å². The SMILES string of the molecule is CN1CCCN(C)C(C(=O)Cc2cccc(F)c2Br)C1. The molecule has 1 aromatic carbocycles. The standard InChI is InChI=1S/C15H20BrFN2O/c1-18-7-4-8-19(2)13(10-18)14(20)9-11-5-3-6-12(17)15(11)16/h3,5-6,13H,4,7-10H2,1-2H3. The maximum atomic E-state index is 13.5. The maximum Gasteiger partial charge on any atom is 0.155 e. The van der Waals surface area contributed by atoms with Gasteiger partial charge in [-0.1, -0.05) is 12.1 Å². The van der Waals surface area contributed by atoms with Gasteiger partial charge in [-0.05, 0) is 61.2 Å². The van der Waals surface area contributed by atoms with E-state index in [1.54, 1.807) is 12.1 Å². The Balaban J connectivity index is 2.12. The molecule has 0 aliphatic carbocycles. The highest BCUT2D eigenvalue weighted by Gasteiger charge is 2.27. The molecule has 0 amide bonds. The molecular weight excluding hydrogens is 323 g/mol. The fraction of sp³-hybridized carbons (Fsp3) is 0.533. The molecule has 1 unspecified atom stereocenters. The molecule has 0 saturated carbocycles. The predicted octanol–water partition coefficient (Wildman–Crippen LogP) is 2.34. The van der Waals surface area contributed by atoms with Gasteiger partial charge >= 0.3 is 0 Å². The number of carbonyl (C=O) groups excluding carboxylic acids is 1. The fourth-order valence-electron chi connectivity index (χ4n) is 2.61. The molecule has 1 atom stereocenters. The molecule has 3 nitrogen and oxygen atoms in total. The van der Waals surface area contributed by atoms with Crippen molar-refractivity contribution in [3.8, 4) is 0 Å². The van der Waals surface area contributed by atoms with Gasteiger partial charge in [0.1, 0.15) is 5.82 Å². The van der Waals surface area contributed by atoms with E-state index in [-0.39, 0.29) is 24.1 Å². The Hall–Kier alpha value is -0.780. The van der Waals surface area contributed by atoms with Crippen LogP contribution in [0.25, 0.3) is 0 Å². The van der Waals surface area contributed by atoms with E-state index in [0.29, 0.717) is 4.47 Å². The van der Waals surface area contributed by atoms with Crippen LogP contribution in [0.1, 0.15) is 12.0 Å². The molecule has 1 saturated heterocycles. The lowest BCUT2D eigenvalue weighted by Crippen LogP contribution is -2.44. The van der Waals surface area contributed by atoms with Crippen LogP contribution < -0.4 is 0 Å². The minimum Gasteiger partial charge on any atom is -0.304 e. The second-order valence-corrected chi connectivity index (χ2v) is 6.26. The molecule has 110 valence electrons. The number of ketones is 1. The lowest BCUT2D eigenvalue weighted by atomic mass is 10.0. The predicted molar refractivity (Wildman–Crippen MR) is 81.3 cm³/mol. The zero-order chi connectivity index (χ0) is 14.7. The van der Waals surface area contributed by atoms with Gasteiger partial charge in [-0.2, -0.15) is 0 Å². The zero-order valence-electron chi connectivity index (χ0n) is 11.9. The zero-order valence-corrected chi connectivity index (χ0v) is 13.5. The van der Waals surface area contributed by atoms with E-state index < -0.39 is 0 Å². The molecule has 5 heteroatoms. The second kappa shape index (κ2) is 6.78. The summed E-state index contributed by atoms with van der Waals surface area (Å²) in [6.07, 6.45) is 1.33. The molecule has 1 fully saturated rings. The number of hydrogen-bond acceptors (Lipinski definition) is 3. The molecule has 1 heterocycles. The second-order valence-electron chi connectivity index (χ2n) is 5.47. The van der Waals surface area contributed by atoms with E-state index in [9.17, 15) is 9.18 Å². The van der Waals surface area contributed by atoms with Gasteiger partial charge < -0.3 is 4.90 Å². The van der Waals surface area contributed by atoms with Crippen molar-refractivity contribution in [1.82, 2.24) is 9.80 Å². The minimum absolute atomic E-state index is 0.113. The number of benzene rings is 1. The van der Waals surface area contributed by atoms with Crippen LogP contribution in [0.4, 0.5) is 4.39 Å². The molecule has 20 heavy (non-hydrogen) atoms. The summed E-state index contributed by atoms with van der Waals surface area (Å²) in [5, 5.41) is 0. The van der Waals surface area contributed by atoms with E-state index in [1.165, 1.54) is 6.07 Å². The van der Waals surface area contributed by atoms with E-state index in [2.05, 4.69) is 25.7 Å². The molecule has 0 N–H and O–H groups in total. The topological polar surface area (TPSA) is 23.6 Å². The van der Waals surface area contributed by atoms with Crippen LogP contribution in [0.5, 0.6) is 0 Å². The quantitative estimate of drug-likeness (QED) is 0.842. The number of carbonyl (C=O) groups is 1. The van der Waals surface area contributed by atoms with Gasteiger partial charge in [0.15, 0.2) is 5.78 Å². The van der Waals surface area contributed by atoms with Gasteiger partial charge in [0, 0.05) is 13.0 Å². The van der Waals surface area contributed by atoms with Gasteiger partial charge in [-0.25, -0.2) is 4.39 Å². The number of rotatable bonds is 3. The Morgan fingerprint density at radius 2 is 2.15 bits per heavy atom. The smallest absolute Gasteiger partial charge is 0.155 e. The van der Waals surface area contributed by atoms with Crippen molar-refractivity contribution in [1.29, 1.82) is 0 Å². The first-order valence-corrected chi connectivity index (χ1v) is 7.62. The third kappa shape index (κ3) is 3.65. The summed E-state index contributed by atoms with van der Waals surface area (Å²) < 4.78 is 13.9. The van der Waals surface area contributed by atoms with Crippen molar-refractivity contribution in [3.63, 3.8) is 0 Å². The van der Waals surface area contributed by atoms with E-state index in [1.807, 2.05) is 14.1 Å². The molecule has 1 aliphatic rings. The van der Waals surface area contributed by atoms with Crippen LogP contribution in [0.2, 0.25) is 0 Å². The van der Waals surface area contributed by atoms with Gasteiger partial charge in [0.25, 0.3) is 0 Å². The first-order chi connectivity index (χ1) is 9.49. The van der Waals surface area contributed by atoms with Gasteiger partial charge in [-0.3, -0.25) is 9.69 Å². The third-order valence-corrected chi connectivity index (χ3v) is 4.72. The van der Waals surface area contributed by atoms with Crippen molar-refractivity contribution in [2.45, 2.75) is 18.9 Å². The normalized spacial score (nSPS) is 21.7. The Morgan fingerprint density at radius 1 is 1.40 bits per heavy atom. The number of Topliss-reactive ketones (excluding diaryl/α,β-unsaturated/α-hetero) is 1. The number of halogens is 2. The average Bonchev–Trinajstić information content (AvgIpc) is 2.57. The Morgan fingerprint density at radius 3 is 2.90 bits per heavy atom. The molecule has 1 aromatic rings. The number of hydrogen-bond donors (Lipinski definition) is 0. The van der Waals surface area contributed by atoms with Crippen molar-refractivity contribution >= 4 is 21.7 Å². The molecular formula is C15H20BrFN2O. The Labute approximate surface area is 127 Å². The summed E-state index contributed by atoms with van der Waals surface area (Å²) in [6.45, 7) is 2.67. The average molecular weight is 343 g/mol. The number of likely N-dealkylation sites (N-methyl/N-ethyl adjacent to an activating group) is 2. The molecule has 0 aromatic heterocycles. The first-order valence-electron chi connectivity index (χ1n) is 6.83. The van der Waals surface area contributed by atoms with Crippen LogP contribution in [0, 0.1) is 5.82 Å². The van der Waals surface area contributed by atoms with E-state index in [4.69, 9.17) is 0 Å². The molecule has 0 bridgehead atoms. The lowest BCUT2D eigenvalue weighted by molar-refractivity contribution is -0.123. The summed E-state index contributed by atoms with van der Waals surface area (Å²) in [4.78, 5) is 16.8. The summed E-state index contributed by atoms with van der Waals surface area (Å²) in [7, 11) is 4.03. The Bertz CT molecular complexity index is 495. The minimum atomic E-state index is -0.318. The van der Waals surface area contributed by atoms with Gasteiger partial charge in [0.05, 0.1) is 10.5 Å². The Kier molecular flexibility index (Phi) is 5.29. The largest absolute Gasteiger partial charge is 0.304 e. The third-order valence-electron chi connectivity index (χ3n) is 3.84.